The van der Waals surface area contributed by atoms with Crippen LogP contribution in [0.1, 0.15) is 23.7 Å². The molecule has 1 saturated heterocycles. The van der Waals surface area contributed by atoms with E-state index in [4.69, 9.17) is 0 Å². The minimum absolute atomic E-state index is 0.0202. The number of rotatable bonds is 1. The maximum Gasteiger partial charge on any atom is 0.255 e. The molecular weight excluding hydrogens is 397 g/mol. The van der Waals surface area contributed by atoms with Crippen molar-refractivity contribution in [1.29, 1.82) is 0 Å². The number of halogens is 2. The summed E-state index contributed by atoms with van der Waals surface area (Å²) in [7, 11) is 0. The summed E-state index contributed by atoms with van der Waals surface area (Å²) < 4.78 is 1.83. The van der Waals surface area contributed by atoms with Gasteiger partial charge >= 0.3 is 0 Å². The van der Waals surface area contributed by atoms with Gasteiger partial charge < -0.3 is 10.0 Å². The number of carbonyl (C=O) groups excluding carboxylic acids is 1. The summed E-state index contributed by atoms with van der Waals surface area (Å²) in [5.41, 5.74) is -0.0843. The average Bonchev–Trinajstić information content (AvgIpc) is 2.61. The van der Waals surface area contributed by atoms with Gasteiger partial charge in [0.1, 0.15) is 0 Å². The second-order valence-corrected chi connectivity index (χ2v) is 6.70. The quantitative estimate of drug-likeness (QED) is 0.724. The Kier molecular flexibility index (Phi) is 3.80. The standard InChI is InChI=1S/C12H13BrINO2/c1-12(17)4-5-15(7-12)11(16)9-6-8(14)2-3-10(9)13/h2-3,6,17H,4-5,7H2,1H3. The largest absolute Gasteiger partial charge is 0.388 e. The first-order valence-corrected chi connectivity index (χ1v) is 7.23. The molecule has 1 atom stereocenters. The molecule has 3 nitrogen and oxygen atoms in total. The van der Waals surface area contributed by atoms with Crippen LogP contribution in [0.3, 0.4) is 0 Å². The smallest absolute Gasteiger partial charge is 0.255 e. The molecule has 5 heteroatoms. The normalized spacial score (nSPS) is 24.1. The maximum atomic E-state index is 12.3. The minimum atomic E-state index is -0.746. The van der Waals surface area contributed by atoms with Crippen LogP contribution in [0, 0.1) is 3.57 Å². The van der Waals surface area contributed by atoms with Gasteiger partial charge in [-0.3, -0.25) is 4.79 Å². The number of aliphatic hydroxyl groups is 1. The van der Waals surface area contributed by atoms with Crippen molar-refractivity contribution in [2.45, 2.75) is 18.9 Å². The number of β-amino-alcohol motifs (C(OH)–C–C–N with tert-alkyl or cyclic N) is 1. The number of benzene rings is 1. The number of nitrogens with zero attached hydrogens (tertiary/aromatic N) is 1. The van der Waals surface area contributed by atoms with Crippen molar-refractivity contribution >= 4 is 44.4 Å². The average molecular weight is 410 g/mol. The number of hydrogen-bond donors (Lipinski definition) is 1. The van der Waals surface area contributed by atoms with Crippen LogP contribution in [0.5, 0.6) is 0 Å². The van der Waals surface area contributed by atoms with Crippen molar-refractivity contribution in [3.63, 3.8) is 0 Å². The lowest BCUT2D eigenvalue weighted by Gasteiger charge is -2.19. The molecule has 1 aromatic carbocycles. The van der Waals surface area contributed by atoms with Crippen molar-refractivity contribution in [3.05, 3.63) is 31.8 Å². The fourth-order valence-corrected chi connectivity index (χ4v) is 2.86. The molecule has 17 heavy (non-hydrogen) atoms. The van der Waals surface area contributed by atoms with Crippen LogP contribution in [-0.2, 0) is 0 Å². The van der Waals surface area contributed by atoms with Crippen LogP contribution in [0.15, 0.2) is 22.7 Å². The summed E-state index contributed by atoms with van der Waals surface area (Å²) in [6.07, 6.45) is 0.639. The van der Waals surface area contributed by atoms with Crippen LogP contribution in [0.2, 0.25) is 0 Å². The van der Waals surface area contributed by atoms with Crippen LogP contribution >= 0.6 is 38.5 Å². The molecule has 1 fully saturated rings. The first-order valence-electron chi connectivity index (χ1n) is 5.36. The van der Waals surface area contributed by atoms with E-state index in [0.29, 0.717) is 25.1 Å². The molecule has 1 unspecified atom stereocenters. The maximum absolute atomic E-state index is 12.3. The van der Waals surface area contributed by atoms with Crippen LogP contribution < -0.4 is 0 Å². The summed E-state index contributed by atoms with van der Waals surface area (Å²) in [4.78, 5) is 14.0. The molecule has 1 heterocycles. The lowest BCUT2D eigenvalue weighted by molar-refractivity contribution is 0.0571. The van der Waals surface area contributed by atoms with Gasteiger partial charge in [-0.25, -0.2) is 0 Å². The summed E-state index contributed by atoms with van der Waals surface area (Å²) in [6.45, 7) is 2.79. The van der Waals surface area contributed by atoms with E-state index in [1.54, 1.807) is 11.8 Å². The predicted octanol–water partition coefficient (Wildman–Crippen LogP) is 2.65. The topological polar surface area (TPSA) is 40.5 Å². The van der Waals surface area contributed by atoms with Crippen LogP contribution in [-0.4, -0.2) is 34.6 Å². The van der Waals surface area contributed by atoms with E-state index in [2.05, 4.69) is 38.5 Å². The Balaban J connectivity index is 2.23. The minimum Gasteiger partial charge on any atom is -0.388 e. The Morgan fingerprint density at radius 1 is 1.59 bits per heavy atom. The third-order valence-corrected chi connectivity index (χ3v) is 4.26. The molecule has 1 aromatic rings. The zero-order valence-corrected chi connectivity index (χ0v) is 13.2. The van der Waals surface area contributed by atoms with Gasteiger partial charge in [-0.2, -0.15) is 0 Å². The molecule has 0 saturated carbocycles. The van der Waals surface area contributed by atoms with Gasteiger partial charge in [0.05, 0.1) is 11.2 Å². The molecular formula is C12H13BrINO2. The van der Waals surface area contributed by atoms with E-state index >= 15 is 0 Å². The van der Waals surface area contributed by atoms with Gasteiger partial charge in [0.15, 0.2) is 0 Å². The zero-order chi connectivity index (χ0) is 12.6. The van der Waals surface area contributed by atoms with Gasteiger partial charge in [0.25, 0.3) is 5.91 Å². The first-order chi connectivity index (χ1) is 7.89. The van der Waals surface area contributed by atoms with Crippen molar-refractivity contribution in [3.8, 4) is 0 Å². The van der Waals surface area contributed by atoms with E-state index in [-0.39, 0.29) is 5.91 Å². The summed E-state index contributed by atoms with van der Waals surface area (Å²) in [6, 6.07) is 5.69. The Morgan fingerprint density at radius 3 is 2.88 bits per heavy atom. The highest BCUT2D eigenvalue weighted by molar-refractivity contribution is 14.1. The van der Waals surface area contributed by atoms with Gasteiger partial charge in [0.2, 0.25) is 0 Å². The van der Waals surface area contributed by atoms with E-state index in [1.165, 1.54) is 0 Å². The summed E-state index contributed by atoms with van der Waals surface area (Å²) in [5.74, 6) is -0.0202. The van der Waals surface area contributed by atoms with Gasteiger partial charge in [-0.1, -0.05) is 0 Å². The van der Waals surface area contributed by atoms with Crippen molar-refractivity contribution in [1.82, 2.24) is 4.90 Å². The van der Waals surface area contributed by atoms with E-state index in [0.717, 1.165) is 8.04 Å². The van der Waals surface area contributed by atoms with E-state index in [1.807, 2.05) is 18.2 Å². The molecule has 2 rings (SSSR count). The lowest BCUT2D eigenvalue weighted by atomic mass is 10.1. The molecule has 0 aliphatic carbocycles. The highest BCUT2D eigenvalue weighted by Crippen LogP contribution is 2.26. The van der Waals surface area contributed by atoms with Crippen molar-refractivity contribution in [2.75, 3.05) is 13.1 Å². The lowest BCUT2D eigenvalue weighted by Crippen LogP contribution is -2.34. The molecule has 0 spiro atoms. The Bertz CT molecular complexity index is 462. The number of carbonyl (C=O) groups is 1. The molecule has 1 aliphatic rings. The molecule has 0 radical (unpaired) electrons. The van der Waals surface area contributed by atoms with Gasteiger partial charge in [-0.15, -0.1) is 0 Å². The first kappa shape index (κ1) is 13.3. The van der Waals surface area contributed by atoms with Crippen LogP contribution in [0.25, 0.3) is 0 Å². The monoisotopic (exact) mass is 409 g/mol. The van der Waals surface area contributed by atoms with Gasteiger partial charge in [0, 0.05) is 21.1 Å². The molecule has 1 N–H and O–H groups in total. The van der Waals surface area contributed by atoms with Crippen LogP contribution in [0.4, 0.5) is 0 Å². The fourth-order valence-electron chi connectivity index (χ4n) is 1.95. The third kappa shape index (κ3) is 3.00. The van der Waals surface area contributed by atoms with Crippen molar-refractivity contribution in [2.24, 2.45) is 0 Å². The number of likely N-dealkylation sites (tertiary alicyclic amines) is 1. The Labute approximate surface area is 122 Å². The molecule has 0 aromatic heterocycles. The molecule has 1 aliphatic heterocycles. The van der Waals surface area contributed by atoms with E-state index in [9.17, 15) is 9.90 Å². The second-order valence-electron chi connectivity index (χ2n) is 4.60. The molecule has 1 amide bonds. The fraction of sp³-hybridized carbons (Fsp3) is 0.417. The number of hydrogen-bond acceptors (Lipinski definition) is 2. The van der Waals surface area contributed by atoms with Crippen molar-refractivity contribution < 1.29 is 9.90 Å². The number of amides is 1. The highest BCUT2D eigenvalue weighted by atomic mass is 127. The van der Waals surface area contributed by atoms with Gasteiger partial charge in [-0.05, 0) is 70.1 Å². The summed E-state index contributed by atoms with van der Waals surface area (Å²) >= 11 is 5.58. The van der Waals surface area contributed by atoms with E-state index < -0.39 is 5.60 Å². The Morgan fingerprint density at radius 2 is 2.29 bits per heavy atom. The SMILES string of the molecule is CC1(O)CCN(C(=O)c2cc(I)ccc2Br)C1. The summed E-state index contributed by atoms with van der Waals surface area (Å²) in [5, 5.41) is 9.88. The zero-order valence-electron chi connectivity index (χ0n) is 9.41. The predicted molar refractivity (Wildman–Crippen MR) is 78.0 cm³/mol. The molecule has 92 valence electrons. The Hall–Kier alpha value is -0.140. The molecule has 0 bridgehead atoms. The highest BCUT2D eigenvalue weighted by Gasteiger charge is 2.34. The third-order valence-electron chi connectivity index (χ3n) is 2.90. The second kappa shape index (κ2) is 4.85.